The van der Waals surface area contributed by atoms with Crippen LogP contribution in [0.4, 0.5) is 0 Å². The van der Waals surface area contributed by atoms with Gasteiger partial charge in [0.1, 0.15) is 6.61 Å². The molecule has 3 aromatic carbocycles. The second-order valence-corrected chi connectivity index (χ2v) is 7.81. The number of carbonyl (C=O) groups is 2. The molecule has 0 saturated heterocycles. The van der Waals surface area contributed by atoms with Crippen LogP contribution in [-0.2, 0) is 33.7 Å². The second-order valence-electron chi connectivity index (χ2n) is 7.81. The molecule has 0 unspecified atom stereocenters. The zero-order chi connectivity index (χ0) is 22.6. The van der Waals surface area contributed by atoms with Gasteiger partial charge in [-0.25, -0.2) is 0 Å². The molecular weight excluding hydrogens is 400 g/mol. The van der Waals surface area contributed by atoms with Gasteiger partial charge in [0.2, 0.25) is 5.91 Å². The first kappa shape index (κ1) is 23.2. The first-order valence-corrected chi connectivity index (χ1v) is 10.9. The Labute approximate surface area is 189 Å². The van der Waals surface area contributed by atoms with Crippen molar-refractivity contribution < 1.29 is 14.3 Å². The lowest BCUT2D eigenvalue weighted by Gasteiger charge is -2.24. The van der Waals surface area contributed by atoms with Gasteiger partial charge in [0.05, 0.1) is 12.1 Å². The third kappa shape index (κ3) is 8.00. The number of carbonyl (C=O) groups excluding carboxylic acids is 2. The van der Waals surface area contributed by atoms with E-state index in [4.69, 9.17) is 4.74 Å². The van der Waals surface area contributed by atoms with Crippen molar-refractivity contribution in [3.05, 3.63) is 108 Å². The van der Waals surface area contributed by atoms with E-state index in [1.54, 1.807) is 0 Å². The molecule has 0 spiro atoms. The van der Waals surface area contributed by atoms with Gasteiger partial charge in [-0.1, -0.05) is 91.0 Å². The van der Waals surface area contributed by atoms with Gasteiger partial charge >= 0.3 is 5.97 Å². The molecule has 0 aliphatic heterocycles. The zero-order valence-corrected chi connectivity index (χ0v) is 18.4. The van der Waals surface area contributed by atoms with Gasteiger partial charge in [-0.15, -0.1) is 0 Å². The van der Waals surface area contributed by atoms with Crippen LogP contribution in [0.15, 0.2) is 91.0 Å². The smallest absolute Gasteiger partial charge is 0.302 e. The lowest BCUT2D eigenvalue weighted by atomic mass is 10.0. The molecule has 0 saturated carbocycles. The van der Waals surface area contributed by atoms with Gasteiger partial charge in [-0.05, 0) is 29.5 Å². The van der Waals surface area contributed by atoms with E-state index >= 15 is 0 Å². The molecule has 2 atom stereocenters. The van der Waals surface area contributed by atoms with Crippen LogP contribution in [0.25, 0.3) is 0 Å². The molecule has 0 aliphatic rings. The number of ether oxygens (including phenoxy) is 1. The number of rotatable bonds is 11. The lowest BCUT2D eigenvalue weighted by molar-refractivity contribution is -0.142. The van der Waals surface area contributed by atoms with Gasteiger partial charge in [-0.2, -0.15) is 0 Å². The first-order valence-electron chi connectivity index (χ1n) is 10.9. The fraction of sp³-hybridized carbons (Fsp3) is 0.259. The average molecular weight is 431 g/mol. The van der Waals surface area contributed by atoms with E-state index in [0.29, 0.717) is 19.4 Å². The Balaban J connectivity index is 1.71. The van der Waals surface area contributed by atoms with Gasteiger partial charge < -0.3 is 15.4 Å². The number of hydrogen-bond acceptors (Lipinski definition) is 4. The summed E-state index contributed by atoms with van der Waals surface area (Å²) in [6, 6.07) is 29.1. The topological polar surface area (TPSA) is 67.4 Å². The van der Waals surface area contributed by atoms with Crippen LogP contribution in [0.1, 0.15) is 23.6 Å². The standard InChI is InChI=1S/C27H30N2O3/c1-21(30)32-20-25(17-22-11-5-2-6-12-22)29-27(31)26(18-23-13-7-3-8-14-23)28-19-24-15-9-4-10-16-24/h2-16,25-26,28H,17-20H2,1H3,(H,29,31)/t25-,26-/m1/s1. The summed E-state index contributed by atoms with van der Waals surface area (Å²) < 4.78 is 5.23. The molecule has 0 radical (unpaired) electrons. The predicted octanol–water partition coefficient (Wildman–Crippen LogP) is 3.68. The number of nitrogens with one attached hydrogen (secondary N) is 2. The fourth-order valence-electron chi connectivity index (χ4n) is 3.51. The molecule has 0 aliphatic carbocycles. The molecule has 2 N–H and O–H groups in total. The summed E-state index contributed by atoms with van der Waals surface area (Å²) >= 11 is 0. The minimum Gasteiger partial charge on any atom is -0.464 e. The zero-order valence-electron chi connectivity index (χ0n) is 18.4. The van der Waals surface area contributed by atoms with Crippen LogP contribution in [0.2, 0.25) is 0 Å². The van der Waals surface area contributed by atoms with E-state index in [9.17, 15) is 9.59 Å². The molecule has 5 nitrogen and oxygen atoms in total. The summed E-state index contributed by atoms with van der Waals surface area (Å²) in [6.07, 6.45) is 1.14. The minimum atomic E-state index is -0.423. The van der Waals surface area contributed by atoms with Crippen molar-refractivity contribution in [2.24, 2.45) is 0 Å². The Morgan fingerprint density at radius 2 is 1.25 bits per heavy atom. The maximum Gasteiger partial charge on any atom is 0.302 e. The van der Waals surface area contributed by atoms with Gasteiger partial charge in [-0.3, -0.25) is 9.59 Å². The van der Waals surface area contributed by atoms with Crippen LogP contribution >= 0.6 is 0 Å². The van der Waals surface area contributed by atoms with Crippen molar-refractivity contribution in [2.45, 2.75) is 38.4 Å². The van der Waals surface area contributed by atoms with Crippen molar-refractivity contribution in [3.8, 4) is 0 Å². The molecule has 0 heterocycles. The normalized spacial score (nSPS) is 12.5. The number of benzene rings is 3. The molecular formula is C27H30N2O3. The third-order valence-corrected chi connectivity index (χ3v) is 5.15. The van der Waals surface area contributed by atoms with Crippen molar-refractivity contribution >= 4 is 11.9 Å². The van der Waals surface area contributed by atoms with Crippen LogP contribution in [-0.4, -0.2) is 30.6 Å². The molecule has 5 heteroatoms. The molecule has 3 rings (SSSR count). The summed E-state index contributed by atoms with van der Waals surface area (Å²) in [6.45, 7) is 2.09. The fourth-order valence-corrected chi connectivity index (χ4v) is 3.51. The Morgan fingerprint density at radius 1 is 0.750 bits per heavy atom. The van der Waals surface area contributed by atoms with Crippen LogP contribution < -0.4 is 10.6 Å². The van der Waals surface area contributed by atoms with Gasteiger partial charge in [0.25, 0.3) is 0 Å². The van der Waals surface area contributed by atoms with Gasteiger partial charge in [0.15, 0.2) is 0 Å². The third-order valence-electron chi connectivity index (χ3n) is 5.15. The van der Waals surface area contributed by atoms with Crippen molar-refractivity contribution in [1.29, 1.82) is 0 Å². The monoisotopic (exact) mass is 430 g/mol. The number of hydrogen-bond donors (Lipinski definition) is 2. The Hall–Kier alpha value is -3.44. The maximum absolute atomic E-state index is 13.3. The van der Waals surface area contributed by atoms with E-state index in [-0.39, 0.29) is 24.5 Å². The van der Waals surface area contributed by atoms with Crippen molar-refractivity contribution in [1.82, 2.24) is 10.6 Å². The highest BCUT2D eigenvalue weighted by atomic mass is 16.5. The molecule has 0 fully saturated rings. The van der Waals surface area contributed by atoms with Crippen LogP contribution in [0.5, 0.6) is 0 Å². The Morgan fingerprint density at radius 3 is 1.78 bits per heavy atom. The van der Waals surface area contributed by atoms with Crippen molar-refractivity contribution in [3.63, 3.8) is 0 Å². The average Bonchev–Trinajstić information content (AvgIpc) is 2.82. The Bertz CT molecular complexity index is 962. The predicted molar refractivity (Wildman–Crippen MR) is 126 cm³/mol. The maximum atomic E-state index is 13.3. The van der Waals surface area contributed by atoms with E-state index in [2.05, 4.69) is 10.6 Å². The summed E-state index contributed by atoms with van der Waals surface area (Å²) in [5.74, 6) is -0.474. The SMILES string of the molecule is CC(=O)OC[C@@H](Cc1ccccc1)NC(=O)[C@@H](Cc1ccccc1)NCc1ccccc1. The highest BCUT2D eigenvalue weighted by Crippen LogP contribution is 2.08. The van der Waals surface area contributed by atoms with Crippen LogP contribution in [0.3, 0.4) is 0 Å². The number of esters is 1. The first-order chi connectivity index (χ1) is 15.6. The molecule has 3 aromatic rings. The summed E-state index contributed by atoms with van der Waals surface area (Å²) in [5.41, 5.74) is 3.26. The second kappa shape index (κ2) is 12.4. The van der Waals surface area contributed by atoms with Crippen molar-refractivity contribution in [2.75, 3.05) is 6.61 Å². The molecule has 1 amide bonds. The summed E-state index contributed by atoms with van der Waals surface area (Å²) in [5, 5.41) is 6.50. The largest absolute Gasteiger partial charge is 0.464 e. The molecule has 0 aromatic heterocycles. The van der Waals surface area contributed by atoms with E-state index < -0.39 is 6.04 Å². The summed E-state index contributed by atoms with van der Waals surface area (Å²) in [7, 11) is 0. The highest BCUT2D eigenvalue weighted by molar-refractivity contribution is 5.82. The number of amides is 1. The van der Waals surface area contributed by atoms with E-state index in [0.717, 1.165) is 16.7 Å². The Kier molecular flexibility index (Phi) is 9.02. The van der Waals surface area contributed by atoms with Gasteiger partial charge in [0, 0.05) is 13.5 Å². The van der Waals surface area contributed by atoms with Crippen LogP contribution in [0, 0.1) is 0 Å². The van der Waals surface area contributed by atoms with E-state index in [1.807, 2.05) is 91.0 Å². The molecule has 166 valence electrons. The van der Waals surface area contributed by atoms with E-state index in [1.165, 1.54) is 6.92 Å². The highest BCUT2D eigenvalue weighted by Gasteiger charge is 2.22. The minimum absolute atomic E-state index is 0.113. The molecule has 0 bridgehead atoms. The lowest BCUT2D eigenvalue weighted by Crippen LogP contribution is -2.50. The molecule has 32 heavy (non-hydrogen) atoms. The summed E-state index contributed by atoms with van der Waals surface area (Å²) in [4.78, 5) is 24.7. The quantitative estimate of drug-likeness (QED) is 0.456.